The highest BCUT2D eigenvalue weighted by atomic mass is 16.6. The van der Waals surface area contributed by atoms with Gasteiger partial charge in [0.25, 0.3) is 11.6 Å². The molecule has 31 heavy (non-hydrogen) atoms. The molecule has 0 aliphatic heterocycles. The summed E-state index contributed by atoms with van der Waals surface area (Å²) in [4.78, 5) is 26.9. The van der Waals surface area contributed by atoms with Crippen molar-refractivity contribution in [3.8, 4) is 17.0 Å². The van der Waals surface area contributed by atoms with Gasteiger partial charge in [-0.3, -0.25) is 19.3 Å². The Bertz CT molecular complexity index is 1200. The van der Waals surface area contributed by atoms with Crippen LogP contribution in [-0.4, -0.2) is 33.4 Å². The van der Waals surface area contributed by atoms with Crippen LogP contribution in [0.2, 0.25) is 0 Å². The third-order valence-corrected chi connectivity index (χ3v) is 4.74. The number of benzene rings is 2. The lowest BCUT2D eigenvalue weighted by Gasteiger charge is -2.08. The van der Waals surface area contributed by atoms with Crippen LogP contribution in [0.5, 0.6) is 5.75 Å². The van der Waals surface area contributed by atoms with E-state index in [1.807, 2.05) is 42.5 Å². The van der Waals surface area contributed by atoms with Crippen LogP contribution in [0.4, 0.5) is 5.69 Å². The summed E-state index contributed by atoms with van der Waals surface area (Å²) in [6.45, 7) is 0.489. The van der Waals surface area contributed by atoms with Crippen LogP contribution in [0.1, 0.15) is 5.56 Å². The van der Waals surface area contributed by atoms with Gasteiger partial charge in [-0.05, 0) is 42.3 Å². The molecular weight excluding hydrogens is 396 g/mol. The molecule has 0 spiro atoms. The zero-order chi connectivity index (χ0) is 21.6. The van der Waals surface area contributed by atoms with Crippen LogP contribution < -0.4 is 10.1 Å². The molecule has 0 bridgehead atoms. The summed E-state index contributed by atoms with van der Waals surface area (Å²) >= 11 is 0. The molecule has 4 aromatic rings. The first kappa shape index (κ1) is 20.1. The Morgan fingerprint density at radius 1 is 1.03 bits per heavy atom. The molecule has 4 rings (SSSR count). The second-order valence-corrected chi connectivity index (χ2v) is 6.93. The van der Waals surface area contributed by atoms with E-state index in [1.165, 1.54) is 17.8 Å². The average Bonchev–Trinajstić information content (AvgIpc) is 3.22. The van der Waals surface area contributed by atoms with E-state index < -0.39 is 4.92 Å². The lowest BCUT2D eigenvalue weighted by Crippen LogP contribution is -2.30. The summed E-state index contributed by atoms with van der Waals surface area (Å²) in [5, 5.41) is 13.8. The first-order valence-corrected chi connectivity index (χ1v) is 9.75. The van der Waals surface area contributed by atoms with Gasteiger partial charge in [0.2, 0.25) is 0 Å². The SMILES string of the molecule is O=C(COc1ccc(-c2cn3cc([N+](=O)[O-])ccc3n2)cc1)NCCc1ccccc1. The van der Waals surface area contributed by atoms with E-state index in [0.717, 1.165) is 12.0 Å². The fourth-order valence-corrected chi connectivity index (χ4v) is 3.14. The minimum atomic E-state index is -0.441. The van der Waals surface area contributed by atoms with E-state index in [1.54, 1.807) is 28.8 Å². The number of nitro groups is 1. The van der Waals surface area contributed by atoms with Gasteiger partial charge in [-0.1, -0.05) is 30.3 Å². The Morgan fingerprint density at radius 3 is 2.55 bits per heavy atom. The maximum Gasteiger partial charge on any atom is 0.286 e. The topological polar surface area (TPSA) is 98.8 Å². The minimum absolute atomic E-state index is 0.00208. The lowest BCUT2D eigenvalue weighted by atomic mass is 10.1. The molecule has 2 aromatic carbocycles. The third kappa shape index (κ3) is 5.05. The summed E-state index contributed by atoms with van der Waals surface area (Å²) in [5.41, 5.74) is 3.31. The van der Waals surface area contributed by atoms with Gasteiger partial charge in [-0.25, -0.2) is 4.98 Å². The van der Waals surface area contributed by atoms with Crippen molar-refractivity contribution in [3.05, 3.63) is 94.8 Å². The van der Waals surface area contributed by atoms with Gasteiger partial charge in [0.05, 0.1) is 16.8 Å². The Kier molecular flexibility index (Phi) is 5.89. The molecule has 0 radical (unpaired) electrons. The maximum absolute atomic E-state index is 12.0. The number of pyridine rings is 1. The molecule has 2 aromatic heterocycles. The molecule has 0 aliphatic carbocycles. The quantitative estimate of drug-likeness (QED) is 0.349. The smallest absolute Gasteiger partial charge is 0.286 e. The number of fused-ring (bicyclic) bond motifs is 1. The van der Waals surface area contributed by atoms with Gasteiger partial charge in [-0.15, -0.1) is 0 Å². The van der Waals surface area contributed by atoms with E-state index in [-0.39, 0.29) is 18.2 Å². The second kappa shape index (κ2) is 9.08. The van der Waals surface area contributed by atoms with Gasteiger partial charge in [0, 0.05) is 24.4 Å². The molecule has 8 nitrogen and oxygen atoms in total. The number of carbonyl (C=O) groups is 1. The van der Waals surface area contributed by atoms with Crippen LogP contribution in [0.25, 0.3) is 16.9 Å². The highest BCUT2D eigenvalue weighted by Gasteiger charge is 2.10. The van der Waals surface area contributed by atoms with Gasteiger partial charge in [-0.2, -0.15) is 0 Å². The minimum Gasteiger partial charge on any atom is -0.484 e. The van der Waals surface area contributed by atoms with Crippen LogP contribution in [0.3, 0.4) is 0 Å². The molecule has 1 N–H and O–H groups in total. The number of ether oxygens (including phenoxy) is 1. The fraction of sp³-hybridized carbons (Fsp3) is 0.130. The van der Waals surface area contributed by atoms with Crippen molar-refractivity contribution in [1.29, 1.82) is 0 Å². The van der Waals surface area contributed by atoms with Crippen molar-refractivity contribution in [2.75, 3.05) is 13.2 Å². The van der Waals surface area contributed by atoms with E-state index in [4.69, 9.17) is 4.74 Å². The Hall–Kier alpha value is -4.20. The summed E-state index contributed by atoms with van der Waals surface area (Å²) in [7, 11) is 0. The third-order valence-electron chi connectivity index (χ3n) is 4.74. The predicted molar refractivity (Wildman–Crippen MR) is 116 cm³/mol. The number of nitrogens with one attached hydrogen (secondary N) is 1. The van der Waals surface area contributed by atoms with Gasteiger partial charge >= 0.3 is 0 Å². The number of carbonyl (C=O) groups excluding carboxylic acids is 1. The largest absolute Gasteiger partial charge is 0.484 e. The first-order chi connectivity index (χ1) is 15.1. The van der Waals surface area contributed by atoms with E-state index >= 15 is 0 Å². The molecule has 156 valence electrons. The zero-order valence-corrected chi connectivity index (χ0v) is 16.6. The monoisotopic (exact) mass is 416 g/mol. The van der Waals surface area contributed by atoms with Crippen LogP contribution in [0, 0.1) is 10.1 Å². The maximum atomic E-state index is 12.0. The van der Waals surface area contributed by atoms with Crippen LogP contribution in [-0.2, 0) is 11.2 Å². The molecule has 2 heterocycles. The second-order valence-electron chi connectivity index (χ2n) is 6.93. The normalized spacial score (nSPS) is 10.7. The van der Waals surface area contributed by atoms with E-state index in [0.29, 0.717) is 23.6 Å². The summed E-state index contributed by atoms with van der Waals surface area (Å²) < 4.78 is 7.17. The lowest BCUT2D eigenvalue weighted by molar-refractivity contribution is -0.385. The molecule has 8 heteroatoms. The van der Waals surface area contributed by atoms with Crippen molar-refractivity contribution in [2.45, 2.75) is 6.42 Å². The van der Waals surface area contributed by atoms with Crippen LogP contribution in [0.15, 0.2) is 79.1 Å². The molecule has 1 amide bonds. The molecule has 0 saturated carbocycles. The van der Waals surface area contributed by atoms with E-state index in [2.05, 4.69) is 10.3 Å². The van der Waals surface area contributed by atoms with Crippen molar-refractivity contribution in [3.63, 3.8) is 0 Å². The molecule has 0 atom stereocenters. The summed E-state index contributed by atoms with van der Waals surface area (Å²) in [5.74, 6) is 0.392. The predicted octanol–water partition coefficient (Wildman–Crippen LogP) is 3.65. The highest BCUT2D eigenvalue weighted by molar-refractivity contribution is 5.77. The Labute approximate surface area is 178 Å². The van der Waals surface area contributed by atoms with Crippen molar-refractivity contribution in [2.24, 2.45) is 0 Å². The first-order valence-electron chi connectivity index (χ1n) is 9.75. The number of hydrogen-bond acceptors (Lipinski definition) is 5. The van der Waals surface area contributed by atoms with Gasteiger partial charge < -0.3 is 10.1 Å². The standard InChI is InChI=1S/C23H20N4O4/c28-23(24-13-12-17-4-2-1-3-5-17)16-31-20-9-6-18(7-10-20)21-15-26-14-19(27(29)30)8-11-22(26)25-21/h1-11,14-15H,12-13,16H2,(H,24,28). The number of hydrogen-bond donors (Lipinski definition) is 1. The molecule has 0 fully saturated rings. The molecule has 0 unspecified atom stereocenters. The number of rotatable bonds is 8. The number of nitrogens with zero attached hydrogens (tertiary/aromatic N) is 3. The van der Waals surface area contributed by atoms with Gasteiger partial charge in [0.1, 0.15) is 11.4 Å². The summed E-state index contributed by atoms with van der Waals surface area (Å²) in [6, 6.07) is 20.2. The molecule has 0 aliphatic rings. The van der Waals surface area contributed by atoms with E-state index in [9.17, 15) is 14.9 Å². The van der Waals surface area contributed by atoms with Crippen molar-refractivity contribution < 1.29 is 14.5 Å². The van der Waals surface area contributed by atoms with Crippen LogP contribution >= 0.6 is 0 Å². The Balaban J connectivity index is 1.31. The summed E-state index contributed by atoms with van der Waals surface area (Å²) in [6.07, 6.45) is 3.93. The Morgan fingerprint density at radius 2 is 1.81 bits per heavy atom. The van der Waals surface area contributed by atoms with Gasteiger partial charge in [0.15, 0.2) is 6.61 Å². The number of amides is 1. The van der Waals surface area contributed by atoms with Crippen molar-refractivity contribution >= 4 is 17.2 Å². The zero-order valence-electron chi connectivity index (χ0n) is 16.6. The molecular formula is C23H20N4O4. The average molecular weight is 416 g/mol. The fourth-order valence-electron chi connectivity index (χ4n) is 3.14. The highest BCUT2D eigenvalue weighted by Crippen LogP contribution is 2.23. The molecule has 0 saturated heterocycles. The number of imidazole rings is 1. The van der Waals surface area contributed by atoms with Crippen molar-refractivity contribution in [1.82, 2.24) is 14.7 Å². The number of aromatic nitrogens is 2.